The van der Waals surface area contributed by atoms with Gasteiger partial charge in [-0.25, -0.2) is 0 Å². The molecule has 0 bridgehead atoms. The molecular formula is C16H25N. The summed E-state index contributed by atoms with van der Waals surface area (Å²) in [5.41, 5.74) is 10.7. The van der Waals surface area contributed by atoms with Gasteiger partial charge in [0.2, 0.25) is 0 Å². The molecular weight excluding hydrogens is 206 g/mol. The summed E-state index contributed by atoms with van der Waals surface area (Å²) < 4.78 is 0. The summed E-state index contributed by atoms with van der Waals surface area (Å²) in [5, 5.41) is 0. The predicted molar refractivity (Wildman–Crippen MR) is 74.0 cm³/mol. The molecule has 1 aromatic rings. The van der Waals surface area contributed by atoms with Crippen LogP contribution in [0.4, 0.5) is 0 Å². The van der Waals surface area contributed by atoms with E-state index >= 15 is 0 Å². The van der Waals surface area contributed by atoms with E-state index in [2.05, 4.69) is 39.0 Å². The average molecular weight is 231 g/mol. The van der Waals surface area contributed by atoms with Crippen LogP contribution in [0, 0.1) is 19.8 Å². The second-order valence-corrected chi connectivity index (χ2v) is 6.01. The van der Waals surface area contributed by atoms with Crippen molar-refractivity contribution >= 4 is 0 Å². The lowest BCUT2D eigenvalue weighted by molar-refractivity contribution is 0.376. The fraction of sp³-hybridized carbons (Fsp3) is 0.625. The van der Waals surface area contributed by atoms with E-state index in [1.54, 1.807) is 0 Å². The number of aryl methyl sites for hydroxylation is 2. The minimum absolute atomic E-state index is 0.0808. The van der Waals surface area contributed by atoms with Crippen LogP contribution in [0.5, 0.6) is 0 Å². The minimum atomic E-state index is -0.0808. The summed E-state index contributed by atoms with van der Waals surface area (Å²) >= 11 is 0. The van der Waals surface area contributed by atoms with Crippen molar-refractivity contribution in [2.45, 2.75) is 58.4 Å². The van der Waals surface area contributed by atoms with Gasteiger partial charge in [-0.15, -0.1) is 0 Å². The Bertz CT molecular complexity index is 397. The van der Waals surface area contributed by atoms with Crippen LogP contribution in [0.3, 0.4) is 0 Å². The number of hydrogen-bond acceptors (Lipinski definition) is 1. The lowest BCUT2D eigenvalue weighted by atomic mass is 9.81. The molecule has 2 rings (SSSR count). The van der Waals surface area contributed by atoms with Gasteiger partial charge in [0.05, 0.1) is 0 Å². The lowest BCUT2D eigenvalue weighted by Crippen LogP contribution is -2.36. The Morgan fingerprint density at radius 3 is 2.65 bits per heavy atom. The molecule has 0 radical (unpaired) electrons. The Labute approximate surface area is 105 Å². The maximum absolute atomic E-state index is 6.69. The fourth-order valence-corrected chi connectivity index (χ4v) is 3.18. The Hall–Kier alpha value is -0.820. The third-order valence-electron chi connectivity index (χ3n) is 4.32. The van der Waals surface area contributed by atoms with Gasteiger partial charge in [0.1, 0.15) is 0 Å². The molecule has 2 atom stereocenters. The molecule has 2 unspecified atom stereocenters. The molecule has 0 amide bonds. The third kappa shape index (κ3) is 2.71. The SMILES string of the molecule is Cc1ccc(C2(N)CCCC(C)CC2)c(C)c1. The van der Waals surface area contributed by atoms with Crippen LogP contribution < -0.4 is 5.73 Å². The highest BCUT2D eigenvalue weighted by Crippen LogP contribution is 2.37. The highest BCUT2D eigenvalue weighted by molar-refractivity contribution is 5.35. The largest absolute Gasteiger partial charge is 0.321 e. The summed E-state index contributed by atoms with van der Waals surface area (Å²) in [6.07, 6.45) is 6.15. The van der Waals surface area contributed by atoms with E-state index in [0.717, 1.165) is 18.8 Å². The number of hydrogen-bond donors (Lipinski definition) is 1. The molecule has 0 heterocycles. The van der Waals surface area contributed by atoms with Crippen LogP contribution in [0.2, 0.25) is 0 Å². The van der Waals surface area contributed by atoms with Gasteiger partial charge >= 0.3 is 0 Å². The summed E-state index contributed by atoms with van der Waals surface area (Å²) in [6.45, 7) is 6.70. The summed E-state index contributed by atoms with van der Waals surface area (Å²) in [4.78, 5) is 0. The van der Waals surface area contributed by atoms with Crippen LogP contribution in [0.1, 0.15) is 55.7 Å². The first kappa shape index (κ1) is 12.6. The molecule has 1 nitrogen and oxygen atoms in total. The second-order valence-electron chi connectivity index (χ2n) is 6.01. The van der Waals surface area contributed by atoms with Crippen LogP contribution >= 0.6 is 0 Å². The average Bonchev–Trinajstić information content (AvgIpc) is 2.42. The van der Waals surface area contributed by atoms with E-state index in [-0.39, 0.29) is 5.54 Å². The normalized spacial score (nSPS) is 30.0. The zero-order valence-electron chi connectivity index (χ0n) is 11.4. The predicted octanol–water partition coefficient (Wildman–Crippen LogP) is 4.06. The maximum Gasteiger partial charge on any atom is 0.0412 e. The Balaban J connectivity index is 2.30. The van der Waals surface area contributed by atoms with Gasteiger partial charge in [-0.1, -0.05) is 43.5 Å². The number of benzene rings is 1. The van der Waals surface area contributed by atoms with Crippen molar-refractivity contribution in [1.82, 2.24) is 0 Å². The van der Waals surface area contributed by atoms with Crippen molar-refractivity contribution in [2.24, 2.45) is 11.7 Å². The smallest absolute Gasteiger partial charge is 0.0412 e. The van der Waals surface area contributed by atoms with Gasteiger partial charge in [0.25, 0.3) is 0 Å². The Morgan fingerprint density at radius 2 is 1.94 bits per heavy atom. The molecule has 0 aliphatic heterocycles. The lowest BCUT2D eigenvalue weighted by Gasteiger charge is -2.30. The van der Waals surface area contributed by atoms with Crippen molar-refractivity contribution in [2.75, 3.05) is 0 Å². The fourth-order valence-electron chi connectivity index (χ4n) is 3.18. The van der Waals surface area contributed by atoms with Crippen LogP contribution in [0.25, 0.3) is 0 Å². The van der Waals surface area contributed by atoms with Crippen LogP contribution in [-0.4, -0.2) is 0 Å². The Kier molecular flexibility index (Phi) is 3.58. The molecule has 1 aliphatic rings. The zero-order chi connectivity index (χ0) is 12.5. The number of rotatable bonds is 1. The van der Waals surface area contributed by atoms with Gasteiger partial charge < -0.3 is 5.73 Å². The quantitative estimate of drug-likeness (QED) is 0.725. The molecule has 17 heavy (non-hydrogen) atoms. The molecule has 2 N–H and O–H groups in total. The molecule has 1 aromatic carbocycles. The zero-order valence-corrected chi connectivity index (χ0v) is 11.4. The van der Waals surface area contributed by atoms with E-state index in [9.17, 15) is 0 Å². The topological polar surface area (TPSA) is 26.0 Å². The molecule has 1 fully saturated rings. The van der Waals surface area contributed by atoms with E-state index in [1.807, 2.05) is 0 Å². The van der Waals surface area contributed by atoms with E-state index in [1.165, 1.54) is 36.0 Å². The van der Waals surface area contributed by atoms with E-state index in [0.29, 0.717) is 0 Å². The highest BCUT2D eigenvalue weighted by atomic mass is 14.7. The van der Waals surface area contributed by atoms with E-state index < -0.39 is 0 Å². The first-order valence-electron chi connectivity index (χ1n) is 6.88. The second kappa shape index (κ2) is 4.81. The molecule has 94 valence electrons. The first-order valence-corrected chi connectivity index (χ1v) is 6.88. The van der Waals surface area contributed by atoms with Gasteiger partial charge in [0, 0.05) is 5.54 Å². The van der Waals surface area contributed by atoms with Gasteiger partial charge in [-0.3, -0.25) is 0 Å². The Morgan fingerprint density at radius 1 is 1.18 bits per heavy atom. The summed E-state index contributed by atoms with van der Waals surface area (Å²) in [7, 11) is 0. The summed E-state index contributed by atoms with van der Waals surface area (Å²) in [6, 6.07) is 6.71. The molecule has 0 saturated heterocycles. The monoisotopic (exact) mass is 231 g/mol. The number of nitrogens with two attached hydrogens (primary N) is 1. The molecule has 0 aromatic heterocycles. The van der Waals surface area contributed by atoms with Gasteiger partial charge in [-0.05, 0) is 50.2 Å². The van der Waals surface area contributed by atoms with Crippen molar-refractivity contribution in [3.05, 3.63) is 34.9 Å². The van der Waals surface area contributed by atoms with Crippen molar-refractivity contribution < 1.29 is 0 Å². The van der Waals surface area contributed by atoms with Crippen LogP contribution in [-0.2, 0) is 5.54 Å². The van der Waals surface area contributed by atoms with E-state index in [4.69, 9.17) is 5.73 Å². The van der Waals surface area contributed by atoms with Crippen LogP contribution in [0.15, 0.2) is 18.2 Å². The van der Waals surface area contributed by atoms with Crippen molar-refractivity contribution in [3.63, 3.8) is 0 Å². The van der Waals surface area contributed by atoms with Crippen molar-refractivity contribution in [3.8, 4) is 0 Å². The maximum atomic E-state index is 6.69. The summed E-state index contributed by atoms with van der Waals surface area (Å²) in [5.74, 6) is 0.839. The first-order chi connectivity index (χ1) is 8.01. The molecule has 0 spiro atoms. The van der Waals surface area contributed by atoms with Gasteiger partial charge in [0.15, 0.2) is 0 Å². The third-order valence-corrected chi connectivity index (χ3v) is 4.32. The van der Waals surface area contributed by atoms with Gasteiger partial charge in [-0.2, -0.15) is 0 Å². The van der Waals surface area contributed by atoms with Crippen molar-refractivity contribution in [1.29, 1.82) is 0 Å². The highest BCUT2D eigenvalue weighted by Gasteiger charge is 2.30. The molecule has 1 heteroatoms. The standard InChI is InChI=1S/C16H25N/c1-12-5-4-9-16(17,10-8-12)15-7-6-13(2)11-14(15)3/h6-7,11-12H,4-5,8-10,17H2,1-3H3. The minimum Gasteiger partial charge on any atom is -0.321 e. The molecule has 1 saturated carbocycles. The molecule has 1 aliphatic carbocycles.